The van der Waals surface area contributed by atoms with Crippen molar-refractivity contribution in [2.24, 2.45) is 0 Å². The van der Waals surface area contributed by atoms with E-state index in [1.807, 2.05) is 6.07 Å². The molecule has 8 heteroatoms. The van der Waals surface area contributed by atoms with Gasteiger partial charge in [-0.2, -0.15) is 0 Å². The first-order chi connectivity index (χ1) is 9.37. The van der Waals surface area contributed by atoms with E-state index in [4.69, 9.17) is 27.9 Å². The summed E-state index contributed by atoms with van der Waals surface area (Å²) in [5, 5.41) is 4.20. The van der Waals surface area contributed by atoms with E-state index in [9.17, 15) is 8.42 Å². The summed E-state index contributed by atoms with van der Waals surface area (Å²) in [7, 11) is -3.11. The summed E-state index contributed by atoms with van der Waals surface area (Å²) < 4.78 is 28.8. The molecule has 1 aliphatic heterocycles. The average molecular weight is 375 g/mol. The van der Waals surface area contributed by atoms with Crippen LogP contribution in [0.4, 0.5) is 0 Å². The normalized spacial score (nSPS) is 23.2. The van der Waals surface area contributed by atoms with Gasteiger partial charge in [-0.25, -0.2) is 8.42 Å². The Hall–Kier alpha value is -0.0400. The van der Waals surface area contributed by atoms with Crippen molar-refractivity contribution in [3.8, 4) is 0 Å². The zero-order valence-electron chi connectivity index (χ0n) is 11.5. The molecular formula is C13H18Cl3NO3S. The second kappa shape index (κ2) is 7.99. The van der Waals surface area contributed by atoms with E-state index in [1.54, 1.807) is 12.1 Å². The molecule has 0 bridgehead atoms. The molecule has 4 nitrogen and oxygen atoms in total. The van der Waals surface area contributed by atoms with Crippen LogP contribution in [0.3, 0.4) is 0 Å². The first-order valence-electron chi connectivity index (χ1n) is 6.32. The summed E-state index contributed by atoms with van der Waals surface area (Å²) in [6.45, 7) is 1.86. The second-order valence-corrected chi connectivity index (χ2v) is 7.99. The van der Waals surface area contributed by atoms with Gasteiger partial charge in [0.1, 0.15) is 9.84 Å². The molecule has 0 aromatic heterocycles. The first kappa shape index (κ1) is 19.0. The van der Waals surface area contributed by atoms with Gasteiger partial charge in [-0.3, -0.25) is 0 Å². The molecule has 120 valence electrons. The molecule has 2 unspecified atom stereocenters. The maximum atomic E-state index is 11.6. The molecule has 1 N–H and O–H groups in total. The Kier molecular flexibility index (Phi) is 7.24. The molecule has 1 heterocycles. The highest BCUT2D eigenvalue weighted by molar-refractivity contribution is 7.90. The van der Waals surface area contributed by atoms with Crippen LogP contribution in [0.5, 0.6) is 0 Å². The van der Waals surface area contributed by atoms with Crippen LogP contribution >= 0.6 is 35.6 Å². The quantitative estimate of drug-likeness (QED) is 0.883. The standard InChI is InChI=1S/C13H17Cl2NO3S.ClH/c1-20(17,18)8-13-10(7-16-4-5-19-13)9-2-3-11(14)12(15)6-9;/h2-3,6,10,13,16H,4-5,7-8H2,1H3;1H. The van der Waals surface area contributed by atoms with Crippen molar-refractivity contribution >= 4 is 45.4 Å². The Bertz CT molecular complexity index is 580. The fourth-order valence-corrected chi connectivity index (χ4v) is 3.56. The number of rotatable bonds is 3. The highest BCUT2D eigenvalue weighted by Crippen LogP contribution is 2.30. The van der Waals surface area contributed by atoms with Gasteiger partial charge in [0.25, 0.3) is 0 Å². The average Bonchev–Trinajstić information content (AvgIpc) is 2.56. The van der Waals surface area contributed by atoms with Crippen molar-refractivity contribution in [1.82, 2.24) is 5.32 Å². The zero-order valence-corrected chi connectivity index (χ0v) is 14.7. The van der Waals surface area contributed by atoms with Crippen molar-refractivity contribution in [2.45, 2.75) is 12.0 Å². The fourth-order valence-electron chi connectivity index (χ4n) is 2.33. The molecule has 0 aliphatic carbocycles. The van der Waals surface area contributed by atoms with Gasteiger partial charge in [0, 0.05) is 25.3 Å². The highest BCUT2D eigenvalue weighted by atomic mass is 35.5. The molecule has 2 rings (SSSR count). The Balaban J connectivity index is 0.00000220. The van der Waals surface area contributed by atoms with Crippen molar-refractivity contribution in [1.29, 1.82) is 0 Å². The smallest absolute Gasteiger partial charge is 0.150 e. The van der Waals surface area contributed by atoms with E-state index in [0.717, 1.165) is 5.56 Å². The van der Waals surface area contributed by atoms with Crippen LogP contribution in [0.1, 0.15) is 11.5 Å². The molecule has 1 aromatic rings. The van der Waals surface area contributed by atoms with Gasteiger partial charge in [0.15, 0.2) is 0 Å². The molecule has 2 atom stereocenters. The minimum absolute atomic E-state index is 0. The van der Waals surface area contributed by atoms with Gasteiger partial charge in [0.05, 0.1) is 28.5 Å². The van der Waals surface area contributed by atoms with Crippen LogP contribution in [0.25, 0.3) is 0 Å². The molecule has 0 radical (unpaired) electrons. The van der Waals surface area contributed by atoms with Gasteiger partial charge >= 0.3 is 0 Å². The number of hydrogen-bond acceptors (Lipinski definition) is 4. The fraction of sp³-hybridized carbons (Fsp3) is 0.538. The molecule has 1 saturated heterocycles. The lowest BCUT2D eigenvalue weighted by Gasteiger charge is -2.24. The topological polar surface area (TPSA) is 55.4 Å². The largest absolute Gasteiger partial charge is 0.375 e. The van der Waals surface area contributed by atoms with Gasteiger partial charge in [-0.05, 0) is 17.7 Å². The lowest BCUT2D eigenvalue weighted by Crippen LogP contribution is -2.32. The second-order valence-electron chi connectivity index (χ2n) is 4.99. The number of ether oxygens (including phenoxy) is 1. The molecule has 0 amide bonds. The summed E-state index contributed by atoms with van der Waals surface area (Å²) in [6, 6.07) is 5.37. The monoisotopic (exact) mass is 373 g/mol. The van der Waals surface area contributed by atoms with Gasteiger partial charge < -0.3 is 10.1 Å². The maximum absolute atomic E-state index is 11.6. The van der Waals surface area contributed by atoms with E-state index in [0.29, 0.717) is 29.7 Å². The first-order valence-corrected chi connectivity index (χ1v) is 9.13. The van der Waals surface area contributed by atoms with Crippen LogP contribution in [-0.4, -0.2) is 46.2 Å². The van der Waals surface area contributed by atoms with Crippen molar-refractivity contribution in [2.75, 3.05) is 31.7 Å². The highest BCUT2D eigenvalue weighted by Gasteiger charge is 2.29. The Morgan fingerprint density at radius 1 is 1.33 bits per heavy atom. The Morgan fingerprint density at radius 2 is 2.05 bits per heavy atom. The van der Waals surface area contributed by atoms with E-state index in [-0.39, 0.29) is 30.2 Å². The predicted molar refractivity (Wildman–Crippen MR) is 88.8 cm³/mol. The summed E-state index contributed by atoms with van der Waals surface area (Å²) in [6.07, 6.45) is 0.845. The van der Waals surface area contributed by atoms with E-state index < -0.39 is 9.84 Å². The van der Waals surface area contributed by atoms with E-state index in [1.165, 1.54) is 6.26 Å². The molecule has 1 aliphatic rings. The van der Waals surface area contributed by atoms with Crippen LogP contribution in [-0.2, 0) is 14.6 Å². The summed E-state index contributed by atoms with van der Waals surface area (Å²) in [4.78, 5) is 0. The van der Waals surface area contributed by atoms with Gasteiger partial charge in [0.2, 0.25) is 0 Å². The predicted octanol–water partition coefficient (Wildman–Crippen LogP) is 2.53. The van der Waals surface area contributed by atoms with Crippen LogP contribution in [0.2, 0.25) is 10.0 Å². The Morgan fingerprint density at radius 3 is 2.67 bits per heavy atom. The van der Waals surface area contributed by atoms with Gasteiger partial charge in [-0.15, -0.1) is 12.4 Å². The number of sulfone groups is 1. The number of halogens is 3. The molecular weight excluding hydrogens is 357 g/mol. The summed E-state index contributed by atoms with van der Waals surface area (Å²) in [5.74, 6) is -0.0680. The molecule has 21 heavy (non-hydrogen) atoms. The van der Waals surface area contributed by atoms with Crippen molar-refractivity contribution < 1.29 is 13.2 Å². The Labute approximate surface area is 141 Å². The van der Waals surface area contributed by atoms with Crippen LogP contribution in [0.15, 0.2) is 18.2 Å². The molecule has 1 fully saturated rings. The summed E-state index contributed by atoms with van der Waals surface area (Å²) in [5.41, 5.74) is 0.933. The lowest BCUT2D eigenvalue weighted by atomic mass is 9.94. The van der Waals surface area contributed by atoms with Gasteiger partial charge in [-0.1, -0.05) is 29.3 Å². The molecule has 0 saturated carbocycles. The minimum Gasteiger partial charge on any atom is -0.375 e. The van der Waals surface area contributed by atoms with Crippen LogP contribution < -0.4 is 5.32 Å². The lowest BCUT2D eigenvalue weighted by molar-refractivity contribution is 0.0681. The van der Waals surface area contributed by atoms with Crippen molar-refractivity contribution in [3.05, 3.63) is 33.8 Å². The summed E-state index contributed by atoms with van der Waals surface area (Å²) >= 11 is 12.0. The third-order valence-corrected chi connectivity index (χ3v) is 4.94. The van der Waals surface area contributed by atoms with Crippen molar-refractivity contribution in [3.63, 3.8) is 0 Å². The number of hydrogen-bond donors (Lipinski definition) is 1. The zero-order chi connectivity index (χ0) is 14.8. The third kappa shape index (κ3) is 5.58. The molecule has 0 spiro atoms. The number of nitrogens with one attached hydrogen (secondary N) is 1. The maximum Gasteiger partial charge on any atom is 0.150 e. The minimum atomic E-state index is -3.11. The SMILES string of the molecule is CS(=O)(=O)CC1OCCNCC1c1ccc(Cl)c(Cl)c1.Cl. The number of benzene rings is 1. The van der Waals surface area contributed by atoms with Crippen LogP contribution in [0, 0.1) is 0 Å². The van der Waals surface area contributed by atoms with E-state index >= 15 is 0 Å². The third-order valence-electron chi connectivity index (χ3n) is 3.26. The molecule has 1 aromatic carbocycles. The van der Waals surface area contributed by atoms with E-state index in [2.05, 4.69) is 5.32 Å².